The van der Waals surface area contributed by atoms with Gasteiger partial charge >= 0.3 is 7.12 Å². The fourth-order valence-electron chi connectivity index (χ4n) is 3.21. The third-order valence-electron chi connectivity index (χ3n) is 4.75. The van der Waals surface area contributed by atoms with Crippen molar-refractivity contribution in [2.24, 2.45) is 0 Å². The minimum absolute atomic E-state index is 0.223. The molecule has 0 fully saturated rings. The van der Waals surface area contributed by atoms with E-state index in [0.717, 1.165) is 28.5 Å². The number of pyridine rings is 1. The average Bonchev–Trinajstić information content (AvgIpc) is 2.72. The van der Waals surface area contributed by atoms with E-state index in [-0.39, 0.29) is 4.90 Å². The number of hydrogen-bond donors (Lipinski definition) is 3. The highest BCUT2D eigenvalue weighted by molar-refractivity contribution is 7.90. The number of nitrogens with zero attached hydrogens (tertiary/aromatic N) is 1. The summed E-state index contributed by atoms with van der Waals surface area (Å²) < 4.78 is 23.6. The molecule has 0 radical (unpaired) electrons. The highest BCUT2D eigenvalue weighted by atomic mass is 32.2. The first-order chi connectivity index (χ1) is 14.6. The van der Waals surface area contributed by atoms with Gasteiger partial charge in [0.15, 0.2) is 9.84 Å². The molecule has 3 N–H and O–H groups in total. The van der Waals surface area contributed by atoms with Crippen LogP contribution in [-0.2, 0) is 16.3 Å². The van der Waals surface area contributed by atoms with Crippen LogP contribution in [0.5, 0.6) is 0 Å². The van der Waals surface area contributed by atoms with Crippen molar-refractivity contribution in [2.75, 3.05) is 6.26 Å². The van der Waals surface area contributed by atoms with E-state index >= 15 is 0 Å². The van der Waals surface area contributed by atoms with Gasteiger partial charge in [0.05, 0.1) is 16.7 Å². The van der Waals surface area contributed by atoms with Crippen LogP contribution in [0.2, 0.25) is 0 Å². The van der Waals surface area contributed by atoms with Gasteiger partial charge in [0.2, 0.25) is 0 Å². The normalized spacial score (nSPS) is 13.1. The van der Waals surface area contributed by atoms with Crippen LogP contribution in [-0.4, -0.2) is 48.0 Å². The van der Waals surface area contributed by atoms with E-state index in [1.165, 1.54) is 0 Å². The first kappa shape index (κ1) is 22.9. The standard InChI is InChI=1S/C23H24BNO5S/c1-16(26)12-18-6-11-23(25-15-18)22(14-17-4-3-5-20(13-17)24(27)28)19-7-9-21(10-8-19)31(2,29)30/h3-11,13-16,26-28H,12H2,1-2H3. The first-order valence-corrected chi connectivity index (χ1v) is 11.6. The maximum atomic E-state index is 11.8. The number of aliphatic hydroxyl groups excluding tert-OH is 1. The number of rotatable bonds is 7. The smallest absolute Gasteiger partial charge is 0.423 e. The number of hydrogen-bond acceptors (Lipinski definition) is 6. The molecular weight excluding hydrogens is 413 g/mol. The molecule has 0 aliphatic rings. The van der Waals surface area contributed by atoms with E-state index in [0.29, 0.717) is 17.6 Å². The Morgan fingerprint density at radius 2 is 1.81 bits per heavy atom. The fraction of sp³-hybridized carbons (Fsp3) is 0.174. The van der Waals surface area contributed by atoms with E-state index in [1.54, 1.807) is 55.6 Å². The van der Waals surface area contributed by atoms with Crippen molar-refractivity contribution < 1.29 is 23.6 Å². The van der Waals surface area contributed by atoms with Crippen molar-refractivity contribution in [1.29, 1.82) is 0 Å². The summed E-state index contributed by atoms with van der Waals surface area (Å²) in [6, 6.07) is 17.1. The van der Waals surface area contributed by atoms with Gasteiger partial charge in [-0.2, -0.15) is 0 Å². The molecule has 8 heteroatoms. The average molecular weight is 437 g/mol. The monoisotopic (exact) mass is 437 g/mol. The summed E-state index contributed by atoms with van der Waals surface area (Å²) in [7, 11) is -4.90. The highest BCUT2D eigenvalue weighted by Crippen LogP contribution is 2.26. The van der Waals surface area contributed by atoms with Gasteiger partial charge in [-0.05, 0) is 59.8 Å². The number of sulfone groups is 1. The molecule has 2 aromatic carbocycles. The summed E-state index contributed by atoms with van der Waals surface area (Å²) in [4.78, 5) is 4.76. The van der Waals surface area contributed by atoms with Gasteiger partial charge in [-0.25, -0.2) is 8.42 Å². The van der Waals surface area contributed by atoms with Crippen molar-refractivity contribution in [1.82, 2.24) is 4.98 Å². The topological polar surface area (TPSA) is 108 Å². The lowest BCUT2D eigenvalue weighted by molar-refractivity contribution is 0.195. The molecule has 1 heterocycles. The van der Waals surface area contributed by atoms with E-state index in [4.69, 9.17) is 0 Å². The van der Waals surface area contributed by atoms with Crippen LogP contribution in [0, 0.1) is 0 Å². The first-order valence-electron chi connectivity index (χ1n) is 9.75. The zero-order valence-corrected chi connectivity index (χ0v) is 18.1. The fourth-order valence-corrected chi connectivity index (χ4v) is 3.84. The molecule has 0 saturated carbocycles. The van der Waals surface area contributed by atoms with Gasteiger partial charge in [0.25, 0.3) is 0 Å². The summed E-state index contributed by atoms with van der Waals surface area (Å²) in [5, 5.41) is 28.5. The Morgan fingerprint density at radius 1 is 1.10 bits per heavy atom. The molecule has 31 heavy (non-hydrogen) atoms. The predicted molar refractivity (Wildman–Crippen MR) is 122 cm³/mol. The lowest BCUT2D eigenvalue weighted by Gasteiger charge is -2.11. The zero-order chi connectivity index (χ0) is 22.6. The van der Waals surface area contributed by atoms with E-state index in [2.05, 4.69) is 4.98 Å². The second-order valence-corrected chi connectivity index (χ2v) is 9.52. The molecule has 6 nitrogen and oxygen atoms in total. The Morgan fingerprint density at radius 3 is 2.35 bits per heavy atom. The van der Waals surface area contributed by atoms with Gasteiger partial charge in [0, 0.05) is 18.0 Å². The van der Waals surface area contributed by atoms with Gasteiger partial charge in [-0.1, -0.05) is 42.5 Å². The Labute approximate surface area is 182 Å². The molecule has 0 aliphatic heterocycles. The second kappa shape index (κ2) is 9.57. The van der Waals surface area contributed by atoms with Gasteiger partial charge < -0.3 is 15.2 Å². The quantitative estimate of drug-likeness (QED) is 0.384. The van der Waals surface area contributed by atoms with Crippen LogP contribution >= 0.6 is 0 Å². The van der Waals surface area contributed by atoms with Gasteiger partial charge in [-0.15, -0.1) is 0 Å². The van der Waals surface area contributed by atoms with Crippen LogP contribution in [0.25, 0.3) is 11.6 Å². The predicted octanol–water partition coefficient (Wildman–Crippen LogP) is 1.68. The molecule has 3 rings (SSSR count). The molecule has 3 aromatic rings. The third kappa shape index (κ3) is 6.12. The summed E-state index contributed by atoms with van der Waals surface area (Å²) >= 11 is 0. The van der Waals surface area contributed by atoms with E-state index in [9.17, 15) is 23.6 Å². The zero-order valence-electron chi connectivity index (χ0n) is 17.3. The van der Waals surface area contributed by atoms with Gasteiger partial charge in [0.1, 0.15) is 0 Å². The molecule has 160 valence electrons. The molecular formula is C23H24BNO5S. The summed E-state index contributed by atoms with van der Waals surface area (Å²) in [6.07, 6.45) is 4.74. The maximum absolute atomic E-state index is 11.8. The van der Waals surface area contributed by atoms with E-state index in [1.807, 2.05) is 24.3 Å². The lowest BCUT2D eigenvalue weighted by atomic mass is 9.79. The molecule has 0 aliphatic carbocycles. The van der Waals surface area contributed by atoms with Crippen LogP contribution in [0.4, 0.5) is 0 Å². The number of benzene rings is 2. The van der Waals surface area contributed by atoms with E-state index < -0.39 is 23.1 Å². The molecule has 0 bridgehead atoms. The molecule has 1 aromatic heterocycles. The largest absolute Gasteiger partial charge is 0.488 e. The minimum atomic E-state index is -3.32. The van der Waals surface area contributed by atoms with Crippen molar-refractivity contribution in [3.8, 4) is 0 Å². The maximum Gasteiger partial charge on any atom is 0.488 e. The molecule has 0 amide bonds. The second-order valence-electron chi connectivity index (χ2n) is 7.50. The summed E-state index contributed by atoms with van der Waals surface area (Å²) in [5.41, 5.74) is 4.17. The Kier molecular flexibility index (Phi) is 7.07. The third-order valence-corrected chi connectivity index (χ3v) is 5.87. The van der Waals surface area contributed by atoms with Crippen LogP contribution in [0.15, 0.2) is 71.8 Å². The molecule has 0 saturated heterocycles. The van der Waals surface area contributed by atoms with Crippen LogP contribution in [0.1, 0.15) is 29.3 Å². The Hall–Kier alpha value is -2.78. The van der Waals surface area contributed by atoms with Crippen molar-refractivity contribution >= 4 is 34.1 Å². The molecule has 0 spiro atoms. The summed E-state index contributed by atoms with van der Waals surface area (Å²) in [5.74, 6) is 0. The minimum Gasteiger partial charge on any atom is -0.423 e. The van der Waals surface area contributed by atoms with Crippen LogP contribution < -0.4 is 5.46 Å². The van der Waals surface area contributed by atoms with Gasteiger partial charge in [-0.3, -0.25) is 4.98 Å². The van der Waals surface area contributed by atoms with Crippen LogP contribution in [0.3, 0.4) is 0 Å². The van der Waals surface area contributed by atoms with Crippen molar-refractivity contribution in [3.05, 3.63) is 89.2 Å². The Bertz CT molecular complexity index is 1170. The number of aliphatic hydroxyl groups is 1. The SMILES string of the molecule is CC(O)Cc1ccc(C(=Cc2cccc(B(O)O)c2)c2ccc(S(C)(=O)=O)cc2)nc1. The number of aromatic nitrogens is 1. The Balaban J connectivity index is 2.09. The molecule has 1 unspecified atom stereocenters. The highest BCUT2D eigenvalue weighted by Gasteiger charge is 2.13. The van der Waals surface area contributed by atoms with Crippen molar-refractivity contribution in [3.63, 3.8) is 0 Å². The molecule has 1 atom stereocenters. The lowest BCUT2D eigenvalue weighted by Crippen LogP contribution is -2.29. The summed E-state index contributed by atoms with van der Waals surface area (Å²) in [6.45, 7) is 1.71. The van der Waals surface area contributed by atoms with Crippen molar-refractivity contribution in [2.45, 2.75) is 24.3 Å².